The first-order valence-corrected chi connectivity index (χ1v) is 9.19. The van der Waals surface area contributed by atoms with Crippen molar-refractivity contribution >= 4 is 5.65 Å². The van der Waals surface area contributed by atoms with E-state index in [0.717, 1.165) is 5.56 Å². The summed E-state index contributed by atoms with van der Waals surface area (Å²) >= 11 is 0. The topological polar surface area (TPSA) is 118 Å². The molecule has 0 saturated heterocycles. The highest BCUT2D eigenvalue weighted by atomic mass is 16.6. The number of hydrogen-bond donors (Lipinski definition) is 0. The number of rotatable bonds is 6. The molecule has 4 aromatic heterocycles. The van der Waals surface area contributed by atoms with Gasteiger partial charge in [0.2, 0.25) is 11.7 Å². The van der Waals surface area contributed by atoms with Crippen LogP contribution in [0.5, 0.6) is 11.8 Å². The molecule has 0 bridgehead atoms. The zero-order chi connectivity index (χ0) is 20.6. The molecule has 4 heterocycles. The molecule has 0 unspecified atom stereocenters. The summed E-state index contributed by atoms with van der Waals surface area (Å²) in [5.74, 6) is 1.89. The van der Waals surface area contributed by atoms with E-state index in [4.69, 9.17) is 14.0 Å². The van der Waals surface area contributed by atoms with Gasteiger partial charge in [-0.3, -0.25) is 4.68 Å². The molecular weight excluding hydrogens is 376 g/mol. The summed E-state index contributed by atoms with van der Waals surface area (Å²) < 4.78 is 19.8. The van der Waals surface area contributed by atoms with Crippen LogP contribution in [-0.4, -0.2) is 46.3 Å². The van der Waals surface area contributed by atoms with Gasteiger partial charge in [-0.05, 0) is 18.4 Å². The van der Waals surface area contributed by atoms with Crippen LogP contribution < -0.4 is 9.47 Å². The number of aromatic nitrogens is 8. The lowest BCUT2D eigenvalue weighted by atomic mass is 9.88. The Labute approximate surface area is 166 Å². The van der Waals surface area contributed by atoms with E-state index in [-0.39, 0.29) is 12.0 Å². The highest BCUT2D eigenvalue weighted by Crippen LogP contribution is 2.32. The van der Waals surface area contributed by atoms with Crippen molar-refractivity contribution < 1.29 is 14.0 Å². The second-order valence-corrected chi connectivity index (χ2v) is 7.46. The van der Waals surface area contributed by atoms with Crippen LogP contribution in [0.15, 0.2) is 23.0 Å². The first kappa shape index (κ1) is 18.8. The van der Waals surface area contributed by atoms with E-state index in [1.807, 2.05) is 20.0 Å². The Kier molecular flexibility index (Phi) is 4.65. The van der Waals surface area contributed by atoms with Crippen molar-refractivity contribution in [3.8, 4) is 23.3 Å². The Morgan fingerprint density at radius 3 is 2.66 bits per heavy atom. The number of hydrogen-bond acceptors (Lipinski definition) is 9. The second kappa shape index (κ2) is 7.15. The number of aryl methyl sites for hydroxylation is 1. The molecule has 0 fully saturated rings. The maximum Gasteiger partial charge on any atom is 0.311 e. The van der Waals surface area contributed by atoms with E-state index >= 15 is 0 Å². The van der Waals surface area contributed by atoms with E-state index < -0.39 is 0 Å². The normalized spacial score (nSPS) is 11.9. The summed E-state index contributed by atoms with van der Waals surface area (Å²) in [5, 5.41) is 21.2. The van der Waals surface area contributed by atoms with Crippen LogP contribution in [0, 0.1) is 0 Å². The Balaban J connectivity index is 1.76. The minimum atomic E-state index is -0.216. The average Bonchev–Trinajstić information content (AvgIpc) is 3.38. The van der Waals surface area contributed by atoms with Gasteiger partial charge in [-0.2, -0.15) is 9.61 Å². The minimum Gasteiger partial charge on any atom is -0.468 e. The van der Waals surface area contributed by atoms with Crippen molar-refractivity contribution in [1.82, 2.24) is 39.7 Å². The SMILES string of the molecule is CCOc1cc(-c2nnc3cc(C(C)(C)C)c(OCc4ncnn4C)nn23)no1. The summed E-state index contributed by atoms with van der Waals surface area (Å²) in [4.78, 5) is 4.19. The van der Waals surface area contributed by atoms with Crippen molar-refractivity contribution in [3.63, 3.8) is 0 Å². The number of nitrogens with zero attached hydrogens (tertiary/aromatic N) is 8. The molecule has 0 aromatic carbocycles. The fraction of sp³-hybridized carbons (Fsp3) is 0.444. The number of ether oxygens (including phenoxy) is 2. The van der Waals surface area contributed by atoms with Crippen LogP contribution in [0.2, 0.25) is 0 Å². The summed E-state index contributed by atoms with van der Waals surface area (Å²) in [5.41, 5.74) is 1.74. The van der Waals surface area contributed by atoms with Crippen LogP contribution in [0.4, 0.5) is 0 Å². The predicted molar refractivity (Wildman–Crippen MR) is 101 cm³/mol. The van der Waals surface area contributed by atoms with Crippen LogP contribution in [-0.2, 0) is 19.1 Å². The minimum absolute atomic E-state index is 0.216. The molecule has 0 aliphatic rings. The Hall–Kier alpha value is -3.50. The molecule has 11 heteroatoms. The van der Waals surface area contributed by atoms with Crippen molar-refractivity contribution in [2.24, 2.45) is 7.05 Å². The van der Waals surface area contributed by atoms with Gasteiger partial charge in [0.25, 0.3) is 0 Å². The summed E-state index contributed by atoms with van der Waals surface area (Å²) in [7, 11) is 1.81. The lowest BCUT2D eigenvalue weighted by Crippen LogP contribution is -2.17. The molecule has 0 radical (unpaired) electrons. The third-order valence-electron chi connectivity index (χ3n) is 4.31. The zero-order valence-corrected chi connectivity index (χ0v) is 16.9. The van der Waals surface area contributed by atoms with E-state index in [2.05, 4.69) is 51.3 Å². The molecule has 0 spiro atoms. The predicted octanol–water partition coefficient (Wildman–Crippen LogP) is 2.18. The zero-order valence-electron chi connectivity index (χ0n) is 16.9. The van der Waals surface area contributed by atoms with Gasteiger partial charge in [-0.1, -0.05) is 25.9 Å². The van der Waals surface area contributed by atoms with Crippen molar-refractivity contribution in [2.45, 2.75) is 39.7 Å². The number of fused-ring (bicyclic) bond motifs is 1. The lowest BCUT2D eigenvalue weighted by Gasteiger charge is -2.21. The molecule has 11 nitrogen and oxygen atoms in total. The quantitative estimate of drug-likeness (QED) is 0.481. The van der Waals surface area contributed by atoms with Crippen LogP contribution in [0.3, 0.4) is 0 Å². The lowest BCUT2D eigenvalue weighted by molar-refractivity contribution is 0.226. The third kappa shape index (κ3) is 3.62. The second-order valence-electron chi connectivity index (χ2n) is 7.46. The molecule has 0 aliphatic carbocycles. The van der Waals surface area contributed by atoms with Gasteiger partial charge in [-0.25, -0.2) is 4.98 Å². The molecule has 0 amide bonds. The highest BCUT2D eigenvalue weighted by molar-refractivity contribution is 5.56. The maximum atomic E-state index is 6.02. The summed E-state index contributed by atoms with van der Waals surface area (Å²) in [6, 6.07) is 3.57. The molecule has 4 aromatic rings. The van der Waals surface area contributed by atoms with Crippen LogP contribution in [0.25, 0.3) is 17.2 Å². The van der Waals surface area contributed by atoms with E-state index in [0.29, 0.717) is 41.4 Å². The van der Waals surface area contributed by atoms with Gasteiger partial charge in [0.05, 0.1) is 12.7 Å². The molecule has 0 N–H and O–H groups in total. The Morgan fingerprint density at radius 2 is 1.97 bits per heavy atom. The van der Waals surface area contributed by atoms with Crippen LogP contribution in [0.1, 0.15) is 39.1 Å². The maximum absolute atomic E-state index is 6.02. The largest absolute Gasteiger partial charge is 0.468 e. The molecule has 0 atom stereocenters. The molecule has 0 saturated carbocycles. The highest BCUT2D eigenvalue weighted by Gasteiger charge is 2.25. The smallest absolute Gasteiger partial charge is 0.311 e. The van der Waals surface area contributed by atoms with Gasteiger partial charge in [0.15, 0.2) is 17.2 Å². The first-order chi connectivity index (χ1) is 13.9. The molecule has 0 aliphatic heterocycles. The average molecular weight is 398 g/mol. The van der Waals surface area contributed by atoms with Gasteiger partial charge < -0.3 is 14.0 Å². The third-order valence-corrected chi connectivity index (χ3v) is 4.31. The van der Waals surface area contributed by atoms with E-state index in [1.54, 1.807) is 15.3 Å². The van der Waals surface area contributed by atoms with E-state index in [9.17, 15) is 0 Å². The fourth-order valence-electron chi connectivity index (χ4n) is 2.78. The monoisotopic (exact) mass is 398 g/mol. The van der Waals surface area contributed by atoms with Crippen molar-refractivity contribution in [3.05, 3.63) is 29.8 Å². The van der Waals surface area contributed by atoms with E-state index in [1.165, 1.54) is 6.33 Å². The van der Waals surface area contributed by atoms with Crippen molar-refractivity contribution in [2.75, 3.05) is 6.61 Å². The van der Waals surface area contributed by atoms with Crippen LogP contribution >= 0.6 is 0 Å². The van der Waals surface area contributed by atoms with Crippen molar-refractivity contribution in [1.29, 1.82) is 0 Å². The summed E-state index contributed by atoms with van der Waals surface area (Å²) in [6.07, 6.45) is 1.48. The molecule has 29 heavy (non-hydrogen) atoms. The molecule has 152 valence electrons. The Bertz CT molecular complexity index is 1140. The first-order valence-electron chi connectivity index (χ1n) is 9.19. The molecular formula is C18H22N8O3. The van der Waals surface area contributed by atoms with Gasteiger partial charge >= 0.3 is 5.95 Å². The molecule has 4 rings (SSSR count). The van der Waals surface area contributed by atoms with Gasteiger partial charge in [0, 0.05) is 12.6 Å². The summed E-state index contributed by atoms with van der Waals surface area (Å²) in [6.45, 7) is 8.82. The Morgan fingerprint density at radius 1 is 1.14 bits per heavy atom. The van der Waals surface area contributed by atoms with Gasteiger partial charge in [0.1, 0.15) is 12.9 Å². The van der Waals surface area contributed by atoms with Gasteiger partial charge in [-0.15, -0.1) is 15.3 Å². The standard InChI is InChI=1S/C18H22N8O3/c1-6-27-15-8-12(24-29-15)16-22-21-13-7-11(18(2,3)4)17(23-26(13)16)28-9-14-19-10-20-25(14)5/h7-8,10H,6,9H2,1-5H3. The fourth-order valence-corrected chi connectivity index (χ4v) is 2.78.